The van der Waals surface area contributed by atoms with Crippen LogP contribution >= 0.6 is 28.1 Å². The average molecular weight is 473 g/mol. The molecule has 1 aliphatic heterocycles. The molecule has 1 saturated heterocycles. The van der Waals surface area contributed by atoms with Crippen LogP contribution in [0.2, 0.25) is 0 Å². The standard InChI is InChI=1S/C22H21BrN2O3S/c1-4-28-19-10-7-16(23)11-15(19)12-18-20(26)24-22(29)25(21(18)27)17-8-5-14(6-9-17)13(2)3/h5-13H,4H2,1-3H3,(H,24,26,29)/b18-12+. The highest BCUT2D eigenvalue weighted by Gasteiger charge is 2.34. The monoisotopic (exact) mass is 472 g/mol. The van der Waals surface area contributed by atoms with Crippen molar-refractivity contribution in [2.24, 2.45) is 0 Å². The van der Waals surface area contributed by atoms with Crippen molar-refractivity contribution in [1.29, 1.82) is 0 Å². The summed E-state index contributed by atoms with van der Waals surface area (Å²) >= 11 is 8.68. The third kappa shape index (κ3) is 4.57. The molecule has 0 radical (unpaired) electrons. The molecule has 2 aromatic carbocycles. The normalized spacial score (nSPS) is 15.8. The number of benzene rings is 2. The molecule has 5 nitrogen and oxygen atoms in total. The number of amides is 2. The minimum Gasteiger partial charge on any atom is -0.493 e. The van der Waals surface area contributed by atoms with Crippen molar-refractivity contribution < 1.29 is 14.3 Å². The summed E-state index contributed by atoms with van der Waals surface area (Å²) in [6.07, 6.45) is 1.53. The lowest BCUT2D eigenvalue weighted by molar-refractivity contribution is -0.122. The number of rotatable bonds is 5. The quantitative estimate of drug-likeness (QED) is 0.385. The van der Waals surface area contributed by atoms with Gasteiger partial charge in [-0.3, -0.25) is 19.8 Å². The van der Waals surface area contributed by atoms with Crippen molar-refractivity contribution in [3.8, 4) is 5.75 Å². The van der Waals surface area contributed by atoms with E-state index in [0.29, 0.717) is 29.5 Å². The third-order valence-corrected chi connectivity index (χ3v) is 5.27. The number of hydrogen-bond acceptors (Lipinski definition) is 4. The first kappa shape index (κ1) is 21.2. The zero-order valence-corrected chi connectivity index (χ0v) is 18.8. The van der Waals surface area contributed by atoms with Crippen molar-refractivity contribution in [3.63, 3.8) is 0 Å². The van der Waals surface area contributed by atoms with Crippen LogP contribution in [0.3, 0.4) is 0 Å². The van der Waals surface area contributed by atoms with E-state index in [1.54, 1.807) is 12.1 Å². The maximum atomic E-state index is 13.2. The van der Waals surface area contributed by atoms with Gasteiger partial charge in [-0.2, -0.15) is 0 Å². The highest BCUT2D eigenvalue weighted by Crippen LogP contribution is 2.28. The van der Waals surface area contributed by atoms with Gasteiger partial charge in [0.25, 0.3) is 11.8 Å². The first-order valence-electron chi connectivity index (χ1n) is 9.25. The molecule has 7 heteroatoms. The lowest BCUT2D eigenvalue weighted by Crippen LogP contribution is -2.54. The largest absolute Gasteiger partial charge is 0.493 e. The number of carbonyl (C=O) groups excluding carboxylic acids is 2. The van der Waals surface area contributed by atoms with Crippen LogP contribution in [-0.2, 0) is 9.59 Å². The van der Waals surface area contributed by atoms with Gasteiger partial charge in [0.05, 0.1) is 12.3 Å². The third-order valence-electron chi connectivity index (χ3n) is 4.49. The Morgan fingerprint density at radius 2 is 1.86 bits per heavy atom. The Labute approximate surface area is 183 Å². The summed E-state index contributed by atoms with van der Waals surface area (Å²) in [6.45, 7) is 6.54. The Balaban J connectivity index is 2.01. The van der Waals surface area contributed by atoms with E-state index in [2.05, 4.69) is 35.1 Å². The predicted molar refractivity (Wildman–Crippen MR) is 122 cm³/mol. The lowest BCUT2D eigenvalue weighted by Gasteiger charge is -2.29. The number of ether oxygens (including phenoxy) is 1. The molecule has 2 amide bonds. The van der Waals surface area contributed by atoms with Crippen LogP contribution in [0.25, 0.3) is 6.08 Å². The Morgan fingerprint density at radius 3 is 2.48 bits per heavy atom. The highest BCUT2D eigenvalue weighted by molar-refractivity contribution is 9.10. The molecule has 0 saturated carbocycles. The molecule has 1 N–H and O–H groups in total. The van der Waals surface area contributed by atoms with Gasteiger partial charge in [0.1, 0.15) is 11.3 Å². The van der Waals surface area contributed by atoms with Gasteiger partial charge in [-0.15, -0.1) is 0 Å². The average Bonchev–Trinajstić information content (AvgIpc) is 2.67. The van der Waals surface area contributed by atoms with Gasteiger partial charge in [0.2, 0.25) is 0 Å². The van der Waals surface area contributed by atoms with Crippen molar-refractivity contribution in [2.45, 2.75) is 26.7 Å². The van der Waals surface area contributed by atoms with Crippen LogP contribution < -0.4 is 15.0 Å². The van der Waals surface area contributed by atoms with Gasteiger partial charge in [-0.1, -0.05) is 41.9 Å². The molecule has 1 aliphatic rings. The zero-order chi connectivity index (χ0) is 21.1. The smallest absolute Gasteiger partial charge is 0.270 e. The number of anilines is 1. The molecule has 150 valence electrons. The van der Waals surface area contributed by atoms with E-state index >= 15 is 0 Å². The van der Waals surface area contributed by atoms with Gasteiger partial charge in [-0.25, -0.2) is 0 Å². The molecular formula is C22H21BrN2O3S. The SMILES string of the molecule is CCOc1ccc(Br)cc1/C=C1\C(=O)NC(=S)N(c2ccc(C(C)C)cc2)C1=O. The van der Waals surface area contributed by atoms with E-state index < -0.39 is 11.8 Å². The summed E-state index contributed by atoms with van der Waals surface area (Å²) in [5.41, 5.74) is 2.38. The van der Waals surface area contributed by atoms with Crippen molar-refractivity contribution in [3.05, 3.63) is 63.6 Å². The topological polar surface area (TPSA) is 58.6 Å². The number of nitrogens with one attached hydrogen (secondary N) is 1. The summed E-state index contributed by atoms with van der Waals surface area (Å²) in [4.78, 5) is 27.0. The van der Waals surface area contributed by atoms with Crippen LogP contribution in [0, 0.1) is 0 Å². The Kier molecular flexibility index (Phi) is 6.49. The number of nitrogens with zero attached hydrogens (tertiary/aromatic N) is 1. The number of thiocarbonyl (C=S) groups is 1. The minimum atomic E-state index is -0.530. The van der Waals surface area contributed by atoms with Crippen LogP contribution in [0.15, 0.2) is 52.5 Å². The van der Waals surface area contributed by atoms with Gasteiger partial charge in [0.15, 0.2) is 5.11 Å². The summed E-state index contributed by atoms with van der Waals surface area (Å²) in [6, 6.07) is 13.0. The molecule has 2 aromatic rings. The summed E-state index contributed by atoms with van der Waals surface area (Å²) in [5.74, 6) is -0.0440. The molecule has 0 unspecified atom stereocenters. The maximum absolute atomic E-state index is 13.2. The van der Waals surface area contributed by atoms with Crippen LogP contribution in [-0.4, -0.2) is 23.5 Å². The molecule has 3 rings (SSSR count). The second kappa shape index (κ2) is 8.88. The number of carbonyl (C=O) groups is 2. The van der Waals surface area contributed by atoms with Gasteiger partial charge >= 0.3 is 0 Å². The molecule has 29 heavy (non-hydrogen) atoms. The first-order valence-corrected chi connectivity index (χ1v) is 10.5. The van der Waals surface area contributed by atoms with Crippen LogP contribution in [0.1, 0.15) is 37.8 Å². The van der Waals surface area contributed by atoms with Crippen molar-refractivity contribution >= 4 is 56.8 Å². The van der Waals surface area contributed by atoms with E-state index in [-0.39, 0.29) is 10.7 Å². The molecule has 1 heterocycles. The fraction of sp³-hybridized carbons (Fsp3) is 0.227. The second-order valence-electron chi connectivity index (χ2n) is 6.82. The Morgan fingerprint density at radius 1 is 1.17 bits per heavy atom. The highest BCUT2D eigenvalue weighted by atomic mass is 79.9. The zero-order valence-electron chi connectivity index (χ0n) is 16.4. The van der Waals surface area contributed by atoms with E-state index in [4.69, 9.17) is 17.0 Å². The van der Waals surface area contributed by atoms with E-state index in [1.807, 2.05) is 37.3 Å². The molecule has 0 aliphatic carbocycles. The molecule has 0 atom stereocenters. The van der Waals surface area contributed by atoms with Gasteiger partial charge in [0, 0.05) is 10.0 Å². The molecular weight excluding hydrogens is 452 g/mol. The van der Waals surface area contributed by atoms with Crippen molar-refractivity contribution in [1.82, 2.24) is 5.32 Å². The Hall–Kier alpha value is -2.51. The summed E-state index contributed by atoms with van der Waals surface area (Å²) in [5, 5.41) is 2.67. The first-order chi connectivity index (χ1) is 13.8. The minimum absolute atomic E-state index is 0.00871. The predicted octanol–water partition coefficient (Wildman–Crippen LogP) is 4.80. The Bertz CT molecular complexity index is 1000. The molecule has 1 fully saturated rings. The molecule has 0 bridgehead atoms. The molecule has 0 aromatic heterocycles. The summed E-state index contributed by atoms with van der Waals surface area (Å²) in [7, 11) is 0. The van der Waals surface area contributed by atoms with Gasteiger partial charge < -0.3 is 4.74 Å². The maximum Gasteiger partial charge on any atom is 0.270 e. The fourth-order valence-corrected chi connectivity index (χ4v) is 3.63. The van der Waals surface area contributed by atoms with Gasteiger partial charge in [-0.05, 0) is 67.0 Å². The summed E-state index contributed by atoms with van der Waals surface area (Å²) < 4.78 is 6.44. The number of hydrogen-bond donors (Lipinski definition) is 1. The lowest BCUT2D eigenvalue weighted by atomic mass is 10.0. The van der Waals surface area contributed by atoms with E-state index in [0.717, 1.165) is 10.0 Å². The van der Waals surface area contributed by atoms with Crippen LogP contribution in [0.5, 0.6) is 5.75 Å². The van der Waals surface area contributed by atoms with Crippen molar-refractivity contribution in [2.75, 3.05) is 11.5 Å². The van der Waals surface area contributed by atoms with Crippen LogP contribution in [0.4, 0.5) is 5.69 Å². The molecule has 0 spiro atoms. The number of halogens is 1. The van der Waals surface area contributed by atoms with E-state index in [9.17, 15) is 9.59 Å². The van der Waals surface area contributed by atoms with E-state index in [1.165, 1.54) is 11.0 Å². The fourth-order valence-electron chi connectivity index (χ4n) is 2.97. The second-order valence-corrected chi connectivity index (χ2v) is 8.12.